The van der Waals surface area contributed by atoms with Crippen LogP contribution in [-0.4, -0.2) is 49.6 Å². The van der Waals surface area contributed by atoms with Crippen LogP contribution in [-0.2, 0) is 16.6 Å². The van der Waals surface area contributed by atoms with E-state index in [0.717, 1.165) is 31.7 Å². The highest BCUT2D eigenvalue weighted by Gasteiger charge is 2.41. The summed E-state index contributed by atoms with van der Waals surface area (Å²) < 4.78 is 30.4. The molecular formula is C13H20N2O3S. The Morgan fingerprint density at radius 3 is 2.95 bits per heavy atom. The molecule has 5 nitrogen and oxygen atoms in total. The van der Waals surface area contributed by atoms with Gasteiger partial charge in [0.25, 0.3) is 0 Å². The normalized spacial score (nSPS) is 29.5. The monoisotopic (exact) mass is 284 g/mol. The maximum Gasteiger partial charge on any atom is 0.211 e. The van der Waals surface area contributed by atoms with Gasteiger partial charge in [0.1, 0.15) is 5.76 Å². The molecule has 1 aromatic rings. The predicted molar refractivity (Wildman–Crippen MR) is 72.0 cm³/mol. The van der Waals surface area contributed by atoms with E-state index in [4.69, 9.17) is 4.42 Å². The minimum Gasteiger partial charge on any atom is -0.468 e. The number of fused-ring (bicyclic) bond motifs is 1. The summed E-state index contributed by atoms with van der Waals surface area (Å²) in [6.07, 6.45) is 5.26. The van der Waals surface area contributed by atoms with Crippen LogP contribution < -0.4 is 0 Å². The average Bonchev–Trinajstić information content (AvgIpc) is 2.96. The van der Waals surface area contributed by atoms with Crippen LogP contribution >= 0.6 is 0 Å². The van der Waals surface area contributed by atoms with Gasteiger partial charge in [-0.3, -0.25) is 4.90 Å². The minimum atomic E-state index is -3.06. The molecule has 0 saturated carbocycles. The van der Waals surface area contributed by atoms with Gasteiger partial charge in [-0.25, -0.2) is 12.7 Å². The van der Waals surface area contributed by atoms with Crippen LogP contribution in [0, 0.1) is 5.92 Å². The third-order valence-corrected chi connectivity index (χ3v) is 5.51. The molecule has 106 valence electrons. The number of hydrogen-bond acceptors (Lipinski definition) is 4. The summed E-state index contributed by atoms with van der Waals surface area (Å²) in [6.45, 7) is 3.12. The summed E-state index contributed by atoms with van der Waals surface area (Å²) in [5, 5.41) is 0. The fraction of sp³-hybridized carbons (Fsp3) is 0.692. The Morgan fingerprint density at radius 2 is 2.26 bits per heavy atom. The van der Waals surface area contributed by atoms with E-state index >= 15 is 0 Å². The van der Waals surface area contributed by atoms with Crippen molar-refractivity contribution in [3.63, 3.8) is 0 Å². The molecule has 2 aliphatic rings. The Kier molecular flexibility index (Phi) is 3.41. The van der Waals surface area contributed by atoms with Gasteiger partial charge in [0.2, 0.25) is 10.0 Å². The predicted octanol–water partition coefficient (Wildman–Crippen LogP) is 1.14. The second-order valence-electron chi connectivity index (χ2n) is 5.60. The van der Waals surface area contributed by atoms with Crippen LogP contribution in [0.1, 0.15) is 18.6 Å². The lowest BCUT2D eigenvalue weighted by atomic mass is 9.92. The molecule has 1 aromatic heterocycles. The van der Waals surface area contributed by atoms with Gasteiger partial charge in [-0.15, -0.1) is 0 Å². The molecule has 3 heterocycles. The topological polar surface area (TPSA) is 53.8 Å². The first-order valence-corrected chi connectivity index (χ1v) is 8.60. The lowest BCUT2D eigenvalue weighted by molar-refractivity contribution is 0.108. The maximum atomic E-state index is 11.7. The molecule has 0 spiro atoms. The summed E-state index contributed by atoms with van der Waals surface area (Å²) in [4.78, 5) is 2.37. The molecule has 3 rings (SSSR count). The van der Waals surface area contributed by atoms with E-state index in [-0.39, 0.29) is 0 Å². The van der Waals surface area contributed by atoms with E-state index in [2.05, 4.69) is 4.90 Å². The molecule has 0 bridgehead atoms. The summed E-state index contributed by atoms with van der Waals surface area (Å²) in [5.74, 6) is 1.43. The first-order chi connectivity index (χ1) is 9.04. The Labute approximate surface area is 114 Å². The van der Waals surface area contributed by atoms with Crippen LogP contribution in [0.15, 0.2) is 22.8 Å². The van der Waals surface area contributed by atoms with Crippen molar-refractivity contribution in [3.8, 4) is 0 Å². The van der Waals surface area contributed by atoms with E-state index in [0.29, 0.717) is 25.0 Å². The van der Waals surface area contributed by atoms with Crippen molar-refractivity contribution >= 4 is 10.0 Å². The highest BCUT2D eigenvalue weighted by Crippen LogP contribution is 2.32. The molecule has 2 fully saturated rings. The molecule has 0 unspecified atom stereocenters. The van der Waals surface area contributed by atoms with Crippen LogP contribution in [0.3, 0.4) is 0 Å². The van der Waals surface area contributed by atoms with Crippen LogP contribution in [0.25, 0.3) is 0 Å². The Hall–Kier alpha value is -0.850. The molecule has 6 heteroatoms. The summed E-state index contributed by atoms with van der Waals surface area (Å²) in [6, 6.07) is 4.22. The first kappa shape index (κ1) is 13.1. The minimum absolute atomic E-state index is 0.341. The lowest BCUT2D eigenvalue weighted by Gasteiger charge is -2.36. The fourth-order valence-electron chi connectivity index (χ4n) is 3.30. The second kappa shape index (κ2) is 4.92. The van der Waals surface area contributed by atoms with Gasteiger partial charge >= 0.3 is 0 Å². The number of sulfonamides is 1. The largest absolute Gasteiger partial charge is 0.468 e. The first-order valence-electron chi connectivity index (χ1n) is 6.75. The molecule has 0 aromatic carbocycles. The zero-order chi connectivity index (χ0) is 13.5. The molecule has 2 aliphatic heterocycles. The number of likely N-dealkylation sites (tertiary alicyclic amines) is 1. The maximum absolute atomic E-state index is 11.7. The van der Waals surface area contributed by atoms with Crippen LogP contribution in [0.2, 0.25) is 0 Å². The van der Waals surface area contributed by atoms with E-state index in [9.17, 15) is 8.42 Å². The van der Waals surface area contributed by atoms with Crippen molar-refractivity contribution in [2.24, 2.45) is 5.92 Å². The van der Waals surface area contributed by atoms with Gasteiger partial charge in [-0.1, -0.05) is 0 Å². The number of hydrogen-bond donors (Lipinski definition) is 0. The molecule has 0 radical (unpaired) electrons. The number of piperidine rings is 1. The fourth-order valence-corrected chi connectivity index (χ4v) is 4.19. The number of rotatable bonds is 3. The van der Waals surface area contributed by atoms with Crippen molar-refractivity contribution in [3.05, 3.63) is 24.2 Å². The molecule has 19 heavy (non-hydrogen) atoms. The Bertz CT molecular complexity index is 526. The van der Waals surface area contributed by atoms with Crippen molar-refractivity contribution in [2.75, 3.05) is 25.9 Å². The molecule has 0 amide bonds. The van der Waals surface area contributed by atoms with Crippen molar-refractivity contribution in [1.29, 1.82) is 0 Å². The number of nitrogens with zero attached hydrogens (tertiary/aromatic N) is 2. The van der Waals surface area contributed by atoms with E-state index < -0.39 is 10.0 Å². The Morgan fingerprint density at radius 1 is 1.42 bits per heavy atom. The van der Waals surface area contributed by atoms with E-state index in [1.807, 2.05) is 12.1 Å². The van der Waals surface area contributed by atoms with Crippen molar-refractivity contribution in [1.82, 2.24) is 9.21 Å². The molecule has 0 N–H and O–H groups in total. The van der Waals surface area contributed by atoms with Gasteiger partial charge < -0.3 is 4.42 Å². The van der Waals surface area contributed by atoms with Crippen LogP contribution in [0.5, 0.6) is 0 Å². The van der Waals surface area contributed by atoms with E-state index in [1.165, 1.54) is 6.26 Å². The summed E-state index contributed by atoms with van der Waals surface area (Å²) in [7, 11) is -3.06. The third kappa shape index (κ3) is 2.70. The molecular weight excluding hydrogens is 264 g/mol. The molecule has 2 atom stereocenters. The molecule has 2 saturated heterocycles. The highest BCUT2D eigenvalue weighted by molar-refractivity contribution is 7.88. The summed E-state index contributed by atoms with van der Waals surface area (Å²) in [5.41, 5.74) is 0. The summed E-state index contributed by atoms with van der Waals surface area (Å²) >= 11 is 0. The van der Waals surface area contributed by atoms with Crippen molar-refractivity contribution in [2.45, 2.75) is 25.4 Å². The zero-order valence-corrected chi connectivity index (χ0v) is 12.0. The lowest BCUT2D eigenvalue weighted by Crippen LogP contribution is -2.44. The van der Waals surface area contributed by atoms with Gasteiger partial charge in [-0.05, 0) is 37.4 Å². The average molecular weight is 284 g/mol. The zero-order valence-electron chi connectivity index (χ0n) is 11.2. The Balaban J connectivity index is 1.73. The number of furan rings is 1. The third-order valence-electron chi connectivity index (χ3n) is 4.27. The van der Waals surface area contributed by atoms with Gasteiger partial charge in [0.05, 0.1) is 19.1 Å². The van der Waals surface area contributed by atoms with E-state index in [1.54, 1.807) is 10.6 Å². The quantitative estimate of drug-likeness (QED) is 0.835. The van der Waals surface area contributed by atoms with Gasteiger partial charge in [-0.2, -0.15) is 0 Å². The van der Waals surface area contributed by atoms with Crippen LogP contribution in [0.4, 0.5) is 0 Å². The smallest absolute Gasteiger partial charge is 0.211 e. The standard InChI is InChI=1S/C13H20N2O3S/c1-19(16,17)15-8-11-4-2-6-14(13(11)10-15)9-12-5-3-7-18-12/h3,5,7,11,13H,2,4,6,8-10H2,1H3/t11-,13+/m0/s1. The SMILES string of the molecule is CS(=O)(=O)N1C[C@@H]2CCCN(Cc3ccco3)[C@@H]2C1. The highest BCUT2D eigenvalue weighted by atomic mass is 32.2. The van der Waals surface area contributed by atoms with Gasteiger partial charge in [0.15, 0.2) is 0 Å². The second-order valence-corrected chi connectivity index (χ2v) is 7.58. The van der Waals surface area contributed by atoms with Gasteiger partial charge in [0, 0.05) is 19.1 Å². The van der Waals surface area contributed by atoms with Crippen molar-refractivity contribution < 1.29 is 12.8 Å². The molecule has 0 aliphatic carbocycles.